The minimum absolute atomic E-state index is 0.0725. The zero-order valence-electron chi connectivity index (χ0n) is 11.6. The maximum absolute atomic E-state index is 9.96. The first kappa shape index (κ1) is 15.4. The molecule has 0 unspecified atom stereocenters. The quantitative estimate of drug-likeness (QED) is 0.470. The number of phenols is 2. The summed E-state index contributed by atoms with van der Waals surface area (Å²) in [7, 11) is 0. The lowest BCUT2D eigenvalue weighted by Gasteiger charge is -2.03. The van der Waals surface area contributed by atoms with Crippen LogP contribution in [0.25, 0.3) is 11.4 Å². The van der Waals surface area contributed by atoms with E-state index in [0.717, 1.165) is 4.47 Å². The maximum Gasteiger partial charge on any atom is 0.216 e. The summed E-state index contributed by atoms with van der Waals surface area (Å²) in [4.78, 5) is 0. The Balaban J connectivity index is 2.06. The van der Waals surface area contributed by atoms with Crippen molar-refractivity contribution in [3.05, 3.63) is 57.3 Å². The van der Waals surface area contributed by atoms with Gasteiger partial charge in [-0.15, -0.1) is 0 Å². The normalized spacial score (nSPS) is 11.2. The van der Waals surface area contributed by atoms with E-state index >= 15 is 0 Å². The first-order valence-corrected chi connectivity index (χ1v) is 7.75. The summed E-state index contributed by atoms with van der Waals surface area (Å²) in [6.45, 7) is 0. The Labute approximate surface area is 144 Å². The van der Waals surface area contributed by atoms with Crippen molar-refractivity contribution < 1.29 is 10.2 Å². The highest BCUT2D eigenvalue weighted by molar-refractivity contribution is 9.10. The Morgan fingerprint density at radius 1 is 1.17 bits per heavy atom. The van der Waals surface area contributed by atoms with Crippen LogP contribution in [0.5, 0.6) is 11.5 Å². The van der Waals surface area contributed by atoms with Gasteiger partial charge in [0.1, 0.15) is 11.5 Å². The van der Waals surface area contributed by atoms with E-state index in [1.807, 2.05) is 0 Å². The fourth-order valence-electron chi connectivity index (χ4n) is 1.98. The maximum atomic E-state index is 9.96. The van der Waals surface area contributed by atoms with Crippen molar-refractivity contribution in [3.63, 3.8) is 0 Å². The second kappa shape index (κ2) is 6.35. The smallest absolute Gasteiger partial charge is 0.216 e. The highest BCUT2D eigenvalue weighted by Gasteiger charge is 2.11. The van der Waals surface area contributed by atoms with Gasteiger partial charge in [-0.1, -0.05) is 28.1 Å². The molecule has 0 atom stereocenters. The number of aromatic hydroxyl groups is 2. The Kier molecular flexibility index (Phi) is 4.26. The van der Waals surface area contributed by atoms with Gasteiger partial charge in [0.05, 0.1) is 11.8 Å². The Morgan fingerprint density at radius 2 is 1.96 bits per heavy atom. The topological polar surface area (TPSA) is 86.4 Å². The molecule has 3 rings (SSSR count). The van der Waals surface area contributed by atoms with E-state index in [1.54, 1.807) is 42.5 Å². The van der Waals surface area contributed by atoms with E-state index in [-0.39, 0.29) is 16.3 Å². The molecular formula is C15H11BrN4O2S. The average Bonchev–Trinajstić information content (AvgIpc) is 2.89. The summed E-state index contributed by atoms with van der Waals surface area (Å²) < 4.78 is 2.47. The number of nitrogens with one attached hydrogen (secondary N) is 1. The molecule has 0 amide bonds. The van der Waals surface area contributed by atoms with Crippen LogP contribution in [-0.2, 0) is 0 Å². The predicted molar refractivity (Wildman–Crippen MR) is 93.3 cm³/mol. The largest absolute Gasteiger partial charge is 0.507 e. The van der Waals surface area contributed by atoms with Crippen LogP contribution in [-0.4, -0.2) is 31.3 Å². The lowest BCUT2D eigenvalue weighted by Crippen LogP contribution is -1.95. The molecule has 0 fully saturated rings. The SMILES string of the molecule is Oc1ccc(Br)cc1/C=N/n1c(-c2ccccc2O)n[nH]c1=S. The number of hydrogen-bond acceptors (Lipinski definition) is 5. The summed E-state index contributed by atoms with van der Waals surface area (Å²) in [6, 6.07) is 11.8. The number of phenolic OH excluding ortho intramolecular Hbond substituents is 2. The lowest BCUT2D eigenvalue weighted by atomic mass is 10.2. The van der Waals surface area contributed by atoms with Crippen LogP contribution >= 0.6 is 28.1 Å². The molecule has 8 heteroatoms. The molecule has 0 aliphatic heterocycles. The monoisotopic (exact) mass is 390 g/mol. The van der Waals surface area contributed by atoms with E-state index in [0.29, 0.717) is 17.0 Å². The first-order valence-electron chi connectivity index (χ1n) is 6.55. The molecule has 0 spiro atoms. The third kappa shape index (κ3) is 3.17. The molecular weight excluding hydrogens is 380 g/mol. The summed E-state index contributed by atoms with van der Waals surface area (Å²) in [5.74, 6) is 0.540. The van der Waals surface area contributed by atoms with Crippen molar-refractivity contribution in [2.24, 2.45) is 5.10 Å². The number of aromatic nitrogens is 3. The third-order valence-corrected chi connectivity index (χ3v) is 3.85. The standard InChI is InChI=1S/C15H11BrN4O2S/c16-10-5-6-12(21)9(7-10)8-17-20-14(18-19-15(20)23)11-3-1-2-4-13(11)22/h1-8,21-22H,(H,19,23)/b17-8+. The number of halogens is 1. The van der Waals surface area contributed by atoms with Crippen molar-refractivity contribution >= 4 is 34.4 Å². The van der Waals surface area contributed by atoms with Gasteiger partial charge in [-0.25, -0.2) is 5.10 Å². The summed E-state index contributed by atoms with van der Waals surface area (Å²) in [5, 5.41) is 30.8. The van der Waals surface area contributed by atoms with Gasteiger partial charge in [-0.3, -0.25) is 0 Å². The second-order valence-corrected chi connectivity index (χ2v) is 5.93. The van der Waals surface area contributed by atoms with Gasteiger partial charge in [0.15, 0.2) is 5.82 Å². The number of hydrogen-bond donors (Lipinski definition) is 3. The second-order valence-electron chi connectivity index (χ2n) is 4.63. The summed E-state index contributed by atoms with van der Waals surface area (Å²) in [5.41, 5.74) is 1.01. The van der Waals surface area contributed by atoms with E-state index in [2.05, 4.69) is 31.2 Å². The predicted octanol–water partition coefficient (Wildman–Crippen LogP) is 3.66. The number of H-pyrrole nitrogens is 1. The van der Waals surface area contributed by atoms with Crippen LogP contribution in [0.2, 0.25) is 0 Å². The van der Waals surface area contributed by atoms with Gasteiger partial charge >= 0.3 is 0 Å². The van der Waals surface area contributed by atoms with E-state index in [4.69, 9.17) is 12.2 Å². The van der Waals surface area contributed by atoms with Crippen molar-refractivity contribution in [3.8, 4) is 22.9 Å². The van der Waals surface area contributed by atoms with E-state index in [1.165, 1.54) is 10.9 Å². The van der Waals surface area contributed by atoms with Gasteiger partial charge in [-0.2, -0.15) is 14.9 Å². The van der Waals surface area contributed by atoms with Crippen molar-refractivity contribution in [2.45, 2.75) is 0 Å². The molecule has 3 aromatic rings. The van der Waals surface area contributed by atoms with E-state index < -0.39 is 0 Å². The van der Waals surface area contributed by atoms with Crippen LogP contribution in [0.1, 0.15) is 5.56 Å². The van der Waals surface area contributed by atoms with Crippen LogP contribution < -0.4 is 0 Å². The van der Waals surface area contributed by atoms with Crippen LogP contribution in [0.15, 0.2) is 52.0 Å². The molecule has 116 valence electrons. The molecule has 1 heterocycles. The lowest BCUT2D eigenvalue weighted by molar-refractivity contribution is 0.474. The number of rotatable bonds is 3. The van der Waals surface area contributed by atoms with Crippen LogP contribution in [0.4, 0.5) is 0 Å². The molecule has 0 saturated carbocycles. The minimum Gasteiger partial charge on any atom is -0.507 e. The molecule has 0 radical (unpaired) electrons. The minimum atomic E-state index is 0.0725. The Hall–Kier alpha value is -2.45. The highest BCUT2D eigenvalue weighted by atomic mass is 79.9. The molecule has 3 N–H and O–H groups in total. The summed E-state index contributed by atoms with van der Waals surface area (Å²) in [6.07, 6.45) is 1.47. The number of nitrogens with zero attached hydrogens (tertiary/aromatic N) is 3. The molecule has 23 heavy (non-hydrogen) atoms. The molecule has 6 nitrogen and oxygen atoms in total. The summed E-state index contributed by atoms with van der Waals surface area (Å²) >= 11 is 8.51. The van der Waals surface area contributed by atoms with Gasteiger partial charge in [0.2, 0.25) is 4.77 Å². The van der Waals surface area contributed by atoms with Crippen molar-refractivity contribution in [2.75, 3.05) is 0 Å². The van der Waals surface area contributed by atoms with Gasteiger partial charge < -0.3 is 10.2 Å². The Morgan fingerprint density at radius 3 is 2.74 bits per heavy atom. The molecule has 0 aliphatic carbocycles. The Bertz CT molecular complexity index is 949. The fraction of sp³-hybridized carbons (Fsp3) is 0. The molecule has 1 aromatic heterocycles. The zero-order chi connectivity index (χ0) is 16.4. The number of aromatic amines is 1. The van der Waals surface area contributed by atoms with Crippen molar-refractivity contribution in [1.29, 1.82) is 0 Å². The first-order chi connectivity index (χ1) is 11.1. The number of benzene rings is 2. The van der Waals surface area contributed by atoms with E-state index in [9.17, 15) is 10.2 Å². The third-order valence-electron chi connectivity index (χ3n) is 3.10. The van der Waals surface area contributed by atoms with Crippen molar-refractivity contribution in [1.82, 2.24) is 14.9 Å². The molecule has 0 saturated heterocycles. The highest BCUT2D eigenvalue weighted by Crippen LogP contribution is 2.27. The van der Waals surface area contributed by atoms with Gasteiger partial charge in [0.25, 0.3) is 0 Å². The zero-order valence-corrected chi connectivity index (χ0v) is 14.0. The van der Waals surface area contributed by atoms with Gasteiger partial charge in [-0.05, 0) is 42.5 Å². The van der Waals surface area contributed by atoms with Gasteiger partial charge in [0, 0.05) is 10.0 Å². The molecule has 0 aliphatic rings. The van der Waals surface area contributed by atoms with Crippen LogP contribution in [0, 0.1) is 4.77 Å². The fourth-order valence-corrected chi connectivity index (χ4v) is 2.54. The molecule has 0 bridgehead atoms. The van der Waals surface area contributed by atoms with Crippen LogP contribution in [0.3, 0.4) is 0 Å². The molecule has 2 aromatic carbocycles. The number of para-hydroxylation sites is 1. The average molecular weight is 391 g/mol.